The third kappa shape index (κ3) is 3.84. The van der Waals surface area contributed by atoms with Gasteiger partial charge in [-0.2, -0.15) is 5.26 Å². The van der Waals surface area contributed by atoms with Crippen LogP contribution in [0.25, 0.3) is 0 Å². The number of carbonyl (C=O) groups excluding carboxylic acids is 2. The summed E-state index contributed by atoms with van der Waals surface area (Å²) in [5, 5.41) is 13.1. The van der Waals surface area contributed by atoms with E-state index in [2.05, 4.69) is 11.4 Å². The molecule has 2 aromatic carbocycles. The van der Waals surface area contributed by atoms with Crippen molar-refractivity contribution in [1.29, 1.82) is 5.26 Å². The summed E-state index contributed by atoms with van der Waals surface area (Å²) in [6, 6.07) is 15.2. The van der Waals surface area contributed by atoms with Gasteiger partial charge in [0.05, 0.1) is 35.2 Å². The number of benzene rings is 2. The molecule has 4 atom stereocenters. The fourth-order valence-corrected chi connectivity index (χ4v) is 5.31. The normalized spacial score (nSPS) is 23.9. The first-order valence-corrected chi connectivity index (χ1v) is 11.6. The molecule has 2 heterocycles. The molecule has 1 aliphatic carbocycles. The number of hydrogen-bond donors (Lipinski definition) is 1. The number of nitrogens with one attached hydrogen (secondary N) is 1. The van der Waals surface area contributed by atoms with Crippen molar-refractivity contribution in [2.24, 2.45) is 5.92 Å². The topological polar surface area (TPSA) is 79.7 Å². The number of nitriles is 1. The van der Waals surface area contributed by atoms with Crippen molar-refractivity contribution in [3.05, 3.63) is 53.1 Å². The zero-order valence-electron chi connectivity index (χ0n) is 18.7. The molecule has 1 saturated carbocycles. The van der Waals surface area contributed by atoms with Crippen molar-refractivity contribution in [3.63, 3.8) is 0 Å². The van der Waals surface area contributed by atoms with Crippen LogP contribution in [0.1, 0.15) is 30.1 Å². The van der Waals surface area contributed by atoms with Crippen LogP contribution in [0, 0.1) is 17.2 Å². The molecule has 0 bridgehead atoms. The lowest BCUT2D eigenvalue weighted by molar-refractivity contribution is -0.131. The van der Waals surface area contributed by atoms with Crippen LogP contribution in [-0.4, -0.2) is 55.0 Å². The van der Waals surface area contributed by atoms with Crippen LogP contribution in [0.15, 0.2) is 42.5 Å². The Bertz CT molecular complexity index is 1160. The summed E-state index contributed by atoms with van der Waals surface area (Å²) in [7, 11) is 1.94. The highest BCUT2D eigenvalue weighted by molar-refractivity contribution is 6.31. The van der Waals surface area contributed by atoms with Gasteiger partial charge in [0.15, 0.2) is 0 Å². The number of carbonyl (C=O) groups is 2. The smallest absolute Gasteiger partial charge is 0.260 e. The van der Waals surface area contributed by atoms with E-state index in [4.69, 9.17) is 11.6 Å². The molecule has 2 fully saturated rings. The SMILES string of the molecule is C[C@H](CN1C(=O)c2cc(Cl)ccc2N(C)c2ccccc21)NCC(=O)N1C(C#N)C[C@@H]2C[C@@H]21. The second-order valence-electron chi connectivity index (χ2n) is 9.15. The van der Waals surface area contributed by atoms with Crippen LogP contribution in [0.5, 0.6) is 0 Å². The van der Waals surface area contributed by atoms with E-state index in [-0.39, 0.29) is 36.5 Å². The minimum absolute atomic E-state index is 0.0437. The highest BCUT2D eigenvalue weighted by Gasteiger charge is 2.53. The Morgan fingerprint density at radius 2 is 1.97 bits per heavy atom. The third-order valence-corrected chi connectivity index (χ3v) is 7.16. The molecule has 8 heteroatoms. The maximum atomic E-state index is 13.6. The monoisotopic (exact) mass is 463 g/mol. The van der Waals surface area contributed by atoms with Gasteiger partial charge in [-0.05, 0) is 56.0 Å². The van der Waals surface area contributed by atoms with Crippen LogP contribution in [0.3, 0.4) is 0 Å². The number of likely N-dealkylation sites (tertiary alicyclic amines) is 1. The molecule has 170 valence electrons. The highest BCUT2D eigenvalue weighted by atomic mass is 35.5. The van der Waals surface area contributed by atoms with Gasteiger partial charge in [0.1, 0.15) is 6.04 Å². The van der Waals surface area contributed by atoms with Gasteiger partial charge in [-0.3, -0.25) is 9.59 Å². The predicted molar refractivity (Wildman–Crippen MR) is 128 cm³/mol. The maximum Gasteiger partial charge on any atom is 0.260 e. The van der Waals surface area contributed by atoms with E-state index in [1.807, 2.05) is 49.2 Å². The van der Waals surface area contributed by atoms with E-state index in [9.17, 15) is 14.9 Å². The molecule has 2 aliphatic heterocycles. The molecular weight excluding hydrogens is 438 g/mol. The molecule has 5 rings (SSSR count). The molecular formula is C25H26ClN5O2. The Morgan fingerprint density at radius 1 is 1.21 bits per heavy atom. The average Bonchev–Trinajstić information content (AvgIpc) is 3.50. The van der Waals surface area contributed by atoms with Crippen LogP contribution in [-0.2, 0) is 4.79 Å². The fraction of sp³-hybridized carbons (Fsp3) is 0.400. The number of anilines is 3. The van der Waals surface area contributed by atoms with Crippen LogP contribution in [0.2, 0.25) is 5.02 Å². The minimum atomic E-state index is -0.311. The van der Waals surface area contributed by atoms with E-state index in [1.165, 1.54) is 0 Å². The summed E-state index contributed by atoms with van der Waals surface area (Å²) in [6.45, 7) is 2.49. The van der Waals surface area contributed by atoms with Gasteiger partial charge >= 0.3 is 0 Å². The Morgan fingerprint density at radius 3 is 2.73 bits per heavy atom. The maximum absolute atomic E-state index is 13.6. The summed E-state index contributed by atoms with van der Waals surface area (Å²) in [5.74, 6) is 0.318. The Kier molecular flexibility index (Phi) is 5.51. The van der Waals surface area contributed by atoms with Gasteiger partial charge in [0.2, 0.25) is 5.91 Å². The number of halogens is 1. The zero-order chi connectivity index (χ0) is 23.3. The minimum Gasteiger partial charge on any atom is -0.342 e. The van der Waals surface area contributed by atoms with Gasteiger partial charge in [0.25, 0.3) is 5.91 Å². The summed E-state index contributed by atoms with van der Waals surface area (Å²) in [5.41, 5.74) is 3.06. The summed E-state index contributed by atoms with van der Waals surface area (Å²) in [6.07, 6.45) is 1.80. The molecule has 0 spiro atoms. The standard InChI is InChI=1S/C25H26ClN5O2/c1-15(28-13-24(32)31-18(12-27)9-16-10-23(16)31)14-30-22-6-4-3-5-21(22)29(2)20-8-7-17(26)11-19(20)25(30)33/h3-8,11,15-16,18,23,28H,9-10,13-14H2,1-2H3/t15-,16-,18?,23+/m1/s1. The molecule has 3 aliphatic rings. The molecule has 7 nitrogen and oxygen atoms in total. The first-order valence-electron chi connectivity index (χ1n) is 11.3. The molecule has 2 amide bonds. The van der Waals surface area contributed by atoms with Gasteiger partial charge in [0, 0.05) is 30.7 Å². The van der Waals surface area contributed by atoms with Gasteiger partial charge in [-0.25, -0.2) is 0 Å². The lowest BCUT2D eigenvalue weighted by atomic mass is 10.1. The van der Waals surface area contributed by atoms with Crippen molar-refractivity contribution < 1.29 is 9.59 Å². The van der Waals surface area contributed by atoms with Crippen LogP contribution in [0.4, 0.5) is 17.1 Å². The summed E-state index contributed by atoms with van der Waals surface area (Å²) in [4.78, 5) is 31.9. The van der Waals surface area contributed by atoms with Crippen LogP contribution >= 0.6 is 11.6 Å². The van der Waals surface area contributed by atoms with Crippen molar-refractivity contribution in [3.8, 4) is 6.07 Å². The zero-order valence-corrected chi connectivity index (χ0v) is 19.4. The number of piperidine rings is 1. The lowest BCUT2D eigenvalue weighted by Gasteiger charge is -2.28. The van der Waals surface area contributed by atoms with E-state index in [0.717, 1.165) is 29.9 Å². The van der Waals surface area contributed by atoms with E-state index in [0.29, 0.717) is 23.0 Å². The largest absolute Gasteiger partial charge is 0.342 e. The van der Waals surface area contributed by atoms with Crippen molar-refractivity contribution in [2.75, 3.05) is 29.9 Å². The van der Waals surface area contributed by atoms with E-state index >= 15 is 0 Å². The molecule has 0 radical (unpaired) electrons. The number of para-hydroxylation sites is 2. The number of hydrogen-bond acceptors (Lipinski definition) is 5. The van der Waals surface area contributed by atoms with Crippen molar-refractivity contribution in [1.82, 2.24) is 10.2 Å². The predicted octanol–water partition coefficient (Wildman–Crippen LogP) is 3.56. The average molecular weight is 464 g/mol. The second kappa shape index (κ2) is 8.36. The lowest BCUT2D eigenvalue weighted by Crippen LogP contribution is -2.48. The summed E-state index contributed by atoms with van der Waals surface area (Å²) >= 11 is 6.23. The third-order valence-electron chi connectivity index (χ3n) is 6.93. The number of nitrogens with zero attached hydrogens (tertiary/aromatic N) is 4. The number of amides is 2. The first-order chi connectivity index (χ1) is 15.9. The Balaban J connectivity index is 1.35. The number of rotatable bonds is 5. The van der Waals surface area contributed by atoms with Gasteiger partial charge in [-0.1, -0.05) is 23.7 Å². The Hall–Kier alpha value is -3.08. The quantitative estimate of drug-likeness (QED) is 0.733. The number of fused-ring (bicyclic) bond motifs is 3. The Labute approximate surface area is 198 Å². The van der Waals surface area contributed by atoms with Crippen molar-refractivity contribution >= 4 is 40.5 Å². The van der Waals surface area contributed by atoms with E-state index < -0.39 is 0 Å². The molecule has 1 saturated heterocycles. The molecule has 1 N–H and O–H groups in total. The molecule has 2 aromatic rings. The second-order valence-corrected chi connectivity index (χ2v) is 9.59. The van der Waals surface area contributed by atoms with Gasteiger partial charge < -0.3 is 20.0 Å². The molecule has 33 heavy (non-hydrogen) atoms. The fourth-order valence-electron chi connectivity index (χ4n) is 5.14. The van der Waals surface area contributed by atoms with Gasteiger partial charge in [-0.15, -0.1) is 0 Å². The molecule has 0 aromatic heterocycles. The van der Waals surface area contributed by atoms with E-state index in [1.54, 1.807) is 21.9 Å². The van der Waals surface area contributed by atoms with Crippen LogP contribution < -0.4 is 15.1 Å². The summed E-state index contributed by atoms with van der Waals surface area (Å²) < 4.78 is 0. The molecule has 1 unspecified atom stereocenters. The van der Waals surface area contributed by atoms with Crippen molar-refractivity contribution in [2.45, 2.75) is 37.9 Å². The highest BCUT2D eigenvalue weighted by Crippen LogP contribution is 2.47. The first kappa shape index (κ1) is 21.7.